The molecule has 0 aliphatic carbocycles. The highest BCUT2D eigenvalue weighted by Gasteiger charge is 2.17. The largest absolute Gasteiger partial charge is 0.368 e. The maximum Gasteiger partial charge on any atom is 0.329 e. The summed E-state index contributed by atoms with van der Waals surface area (Å²) in [5.74, 6) is 0.0156. The van der Waals surface area contributed by atoms with Crippen LogP contribution < -0.4 is 11.1 Å². The summed E-state index contributed by atoms with van der Waals surface area (Å²) in [5.41, 5.74) is 5.94. The molecule has 3 N–H and O–H groups in total. The molecule has 8 nitrogen and oxygen atoms in total. The zero-order valence-corrected chi connectivity index (χ0v) is 10.7. The summed E-state index contributed by atoms with van der Waals surface area (Å²) in [6.07, 6.45) is 4.44. The van der Waals surface area contributed by atoms with Crippen molar-refractivity contribution in [2.75, 3.05) is 11.1 Å². The molecule has 0 saturated heterocycles. The molecule has 2 heterocycles. The molecule has 0 bridgehead atoms. The third kappa shape index (κ3) is 2.41. The van der Waals surface area contributed by atoms with E-state index in [2.05, 4.69) is 20.3 Å². The number of nitrogens with one attached hydrogen (secondary N) is 1. The van der Waals surface area contributed by atoms with Gasteiger partial charge in [0.2, 0.25) is 11.8 Å². The van der Waals surface area contributed by atoms with E-state index >= 15 is 0 Å². The SMILES string of the molecule is Nc1ncc([N+](=O)[O-])c(Nc2cccc3cnccc23)n1. The number of pyridine rings is 1. The van der Waals surface area contributed by atoms with Crippen molar-refractivity contribution < 1.29 is 4.92 Å². The van der Waals surface area contributed by atoms with Crippen LogP contribution in [0.15, 0.2) is 42.9 Å². The summed E-state index contributed by atoms with van der Waals surface area (Å²) in [6, 6.07) is 7.33. The fourth-order valence-corrected chi connectivity index (χ4v) is 1.97. The lowest BCUT2D eigenvalue weighted by atomic mass is 10.1. The zero-order valence-electron chi connectivity index (χ0n) is 10.7. The highest BCUT2D eigenvalue weighted by molar-refractivity contribution is 5.95. The first-order valence-electron chi connectivity index (χ1n) is 6.02. The summed E-state index contributed by atoms with van der Waals surface area (Å²) >= 11 is 0. The van der Waals surface area contributed by atoms with E-state index in [4.69, 9.17) is 5.73 Å². The molecule has 8 heteroatoms. The van der Waals surface area contributed by atoms with Gasteiger partial charge in [-0.05, 0) is 12.1 Å². The summed E-state index contributed by atoms with van der Waals surface area (Å²) < 4.78 is 0. The van der Waals surface area contributed by atoms with Crippen LogP contribution >= 0.6 is 0 Å². The van der Waals surface area contributed by atoms with Crippen LogP contribution in [0.2, 0.25) is 0 Å². The van der Waals surface area contributed by atoms with Crippen molar-refractivity contribution in [2.45, 2.75) is 0 Å². The second-order valence-corrected chi connectivity index (χ2v) is 4.25. The van der Waals surface area contributed by atoms with Crippen LogP contribution in [-0.2, 0) is 0 Å². The molecule has 0 saturated carbocycles. The van der Waals surface area contributed by atoms with E-state index < -0.39 is 4.92 Å². The van der Waals surface area contributed by atoms with E-state index in [-0.39, 0.29) is 17.5 Å². The highest BCUT2D eigenvalue weighted by Crippen LogP contribution is 2.29. The van der Waals surface area contributed by atoms with Crippen molar-refractivity contribution in [1.29, 1.82) is 0 Å². The molecule has 0 atom stereocenters. The van der Waals surface area contributed by atoms with Crippen LogP contribution in [0.4, 0.5) is 23.1 Å². The third-order valence-electron chi connectivity index (χ3n) is 2.92. The standard InChI is InChI=1S/C13H10N6O2/c14-13-16-7-11(19(20)21)12(18-13)17-10-3-1-2-8-6-15-5-4-9(8)10/h1-7H,(H3,14,16,17,18). The number of benzene rings is 1. The lowest BCUT2D eigenvalue weighted by Crippen LogP contribution is -2.04. The van der Waals surface area contributed by atoms with Gasteiger partial charge in [-0.3, -0.25) is 15.1 Å². The average molecular weight is 282 g/mol. The number of nitrogens with two attached hydrogens (primary N) is 1. The van der Waals surface area contributed by atoms with E-state index in [1.807, 2.05) is 18.2 Å². The van der Waals surface area contributed by atoms with Crippen molar-refractivity contribution in [3.8, 4) is 0 Å². The molecule has 104 valence electrons. The third-order valence-corrected chi connectivity index (χ3v) is 2.92. The van der Waals surface area contributed by atoms with Gasteiger partial charge >= 0.3 is 5.69 Å². The Hall–Kier alpha value is -3.29. The van der Waals surface area contributed by atoms with Gasteiger partial charge < -0.3 is 11.1 Å². The maximum absolute atomic E-state index is 11.0. The average Bonchev–Trinajstić information content (AvgIpc) is 2.47. The molecule has 3 aromatic rings. The quantitative estimate of drug-likeness (QED) is 0.558. The summed E-state index contributed by atoms with van der Waals surface area (Å²) in [7, 11) is 0. The topological polar surface area (TPSA) is 120 Å². The van der Waals surface area contributed by atoms with E-state index in [9.17, 15) is 10.1 Å². The van der Waals surface area contributed by atoms with Crippen molar-refractivity contribution >= 4 is 33.9 Å². The zero-order chi connectivity index (χ0) is 14.8. The Bertz CT molecular complexity index is 831. The van der Waals surface area contributed by atoms with Crippen LogP contribution in [0.5, 0.6) is 0 Å². The Morgan fingerprint density at radius 3 is 2.90 bits per heavy atom. The van der Waals surface area contributed by atoms with Gasteiger partial charge in [-0.1, -0.05) is 12.1 Å². The van der Waals surface area contributed by atoms with Gasteiger partial charge in [0.05, 0.1) is 4.92 Å². The molecule has 3 rings (SSSR count). The van der Waals surface area contributed by atoms with Gasteiger partial charge in [0.25, 0.3) is 0 Å². The molecule has 0 aliphatic rings. The molecular formula is C13H10N6O2. The van der Waals surface area contributed by atoms with Gasteiger partial charge in [0.1, 0.15) is 6.20 Å². The minimum atomic E-state index is -0.561. The normalized spacial score (nSPS) is 10.5. The van der Waals surface area contributed by atoms with Gasteiger partial charge in [-0.25, -0.2) is 4.98 Å². The van der Waals surface area contributed by atoms with E-state index in [1.54, 1.807) is 18.5 Å². The van der Waals surface area contributed by atoms with Gasteiger partial charge in [-0.15, -0.1) is 0 Å². The van der Waals surface area contributed by atoms with Crippen LogP contribution in [0.25, 0.3) is 10.8 Å². The van der Waals surface area contributed by atoms with Crippen LogP contribution in [0.1, 0.15) is 0 Å². The van der Waals surface area contributed by atoms with Gasteiger partial charge in [0, 0.05) is 28.9 Å². The van der Waals surface area contributed by atoms with E-state index in [1.165, 1.54) is 0 Å². The Kier molecular flexibility index (Phi) is 3.03. The first-order chi connectivity index (χ1) is 10.1. The predicted molar refractivity (Wildman–Crippen MR) is 78.1 cm³/mol. The molecule has 2 aromatic heterocycles. The summed E-state index contributed by atoms with van der Waals surface area (Å²) in [5, 5.41) is 15.7. The fraction of sp³-hybridized carbons (Fsp3) is 0. The van der Waals surface area contributed by atoms with E-state index in [0.717, 1.165) is 17.0 Å². The van der Waals surface area contributed by atoms with Crippen LogP contribution in [0, 0.1) is 10.1 Å². The number of aromatic nitrogens is 3. The first-order valence-corrected chi connectivity index (χ1v) is 6.02. The molecule has 0 amide bonds. The van der Waals surface area contributed by atoms with Crippen molar-refractivity contribution in [1.82, 2.24) is 15.0 Å². The number of nitrogens with zero attached hydrogens (tertiary/aromatic N) is 4. The first kappa shape index (κ1) is 12.7. The second kappa shape index (κ2) is 5.00. The maximum atomic E-state index is 11.0. The summed E-state index contributed by atoms with van der Waals surface area (Å²) in [4.78, 5) is 22.0. The number of nitrogen functional groups attached to an aromatic ring is 1. The van der Waals surface area contributed by atoms with E-state index in [0.29, 0.717) is 5.69 Å². The van der Waals surface area contributed by atoms with Gasteiger partial charge in [0.15, 0.2) is 0 Å². The summed E-state index contributed by atoms with van der Waals surface area (Å²) in [6.45, 7) is 0. The smallest absolute Gasteiger partial charge is 0.329 e. The van der Waals surface area contributed by atoms with Crippen molar-refractivity contribution in [3.63, 3.8) is 0 Å². The Morgan fingerprint density at radius 1 is 1.24 bits per heavy atom. The molecule has 0 unspecified atom stereocenters. The molecule has 0 radical (unpaired) electrons. The highest BCUT2D eigenvalue weighted by atomic mass is 16.6. The Morgan fingerprint density at radius 2 is 2.10 bits per heavy atom. The van der Waals surface area contributed by atoms with Crippen molar-refractivity contribution in [3.05, 3.63) is 53.0 Å². The molecule has 0 fully saturated rings. The molecule has 0 aliphatic heterocycles. The number of anilines is 3. The minimum Gasteiger partial charge on any atom is -0.368 e. The second-order valence-electron chi connectivity index (χ2n) is 4.25. The van der Waals surface area contributed by atoms with Crippen LogP contribution in [0.3, 0.4) is 0 Å². The minimum absolute atomic E-state index is 0.0370. The van der Waals surface area contributed by atoms with Crippen LogP contribution in [-0.4, -0.2) is 19.9 Å². The lowest BCUT2D eigenvalue weighted by Gasteiger charge is -2.09. The monoisotopic (exact) mass is 282 g/mol. The Balaban J connectivity index is 2.11. The number of hydrogen-bond donors (Lipinski definition) is 2. The van der Waals surface area contributed by atoms with Gasteiger partial charge in [-0.2, -0.15) is 4.98 Å². The Labute approximate surface area is 118 Å². The molecule has 1 aromatic carbocycles. The fourth-order valence-electron chi connectivity index (χ4n) is 1.97. The number of rotatable bonds is 3. The lowest BCUT2D eigenvalue weighted by molar-refractivity contribution is -0.384. The molecule has 0 spiro atoms. The number of nitro groups is 1. The molecule has 21 heavy (non-hydrogen) atoms. The molecular weight excluding hydrogens is 272 g/mol. The number of fused-ring (bicyclic) bond motifs is 1. The predicted octanol–water partition coefficient (Wildman–Crippen LogP) is 2.26. The van der Waals surface area contributed by atoms with Crippen molar-refractivity contribution in [2.24, 2.45) is 0 Å². The number of hydrogen-bond acceptors (Lipinski definition) is 7.